The Balaban J connectivity index is 2.73. The summed E-state index contributed by atoms with van der Waals surface area (Å²) in [5, 5.41) is 39.8. The topological polar surface area (TPSA) is 160 Å². The van der Waals surface area contributed by atoms with E-state index in [9.17, 15) is 19.9 Å². The predicted molar refractivity (Wildman–Crippen MR) is 58.4 cm³/mol. The highest BCUT2D eigenvalue weighted by Gasteiger charge is 2.44. The summed E-state index contributed by atoms with van der Waals surface area (Å²) in [6.07, 6.45) is -7.09. The Morgan fingerprint density at radius 1 is 1.22 bits per heavy atom. The van der Waals surface area contributed by atoms with Crippen LogP contribution in [-0.2, 0) is 9.30 Å². The molecule has 0 aromatic carbocycles. The number of hydrogen-bond acceptors (Lipinski definition) is 7. The second-order valence-electron chi connectivity index (χ2n) is 4.18. The van der Waals surface area contributed by atoms with Crippen molar-refractivity contribution in [2.24, 2.45) is 0 Å². The molecule has 0 saturated carbocycles. The Hall–Kier alpha value is -0.0900. The van der Waals surface area contributed by atoms with Gasteiger partial charge >= 0.3 is 7.60 Å². The average Bonchev–Trinajstić information content (AvgIpc) is 2.28. The first-order valence-electron chi connectivity index (χ1n) is 5.30. The molecule has 0 amide bonds. The fourth-order valence-corrected chi connectivity index (χ4v) is 1.92. The van der Waals surface area contributed by atoms with Gasteiger partial charge in [-0.15, -0.1) is 0 Å². The zero-order chi connectivity index (χ0) is 14.1. The van der Waals surface area contributed by atoms with Crippen molar-refractivity contribution in [3.8, 4) is 0 Å². The maximum atomic E-state index is 10.9. The smallest absolute Gasteiger partial charge is 0.342 e. The third kappa shape index (κ3) is 3.47. The summed E-state index contributed by atoms with van der Waals surface area (Å²) in [6, 6.07) is 0. The number of aliphatic hydroxyl groups is 4. The van der Waals surface area contributed by atoms with E-state index in [-0.39, 0.29) is 0 Å². The van der Waals surface area contributed by atoms with E-state index in [1.165, 1.54) is 6.92 Å². The van der Waals surface area contributed by atoms with E-state index in [0.717, 1.165) is 0 Å². The molecule has 108 valence electrons. The summed E-state index contributed by atoms with van der Waals surface area (Å²) < 4.78 is 16.0. The highest BCUT2D eigenvalue weighted by atomic mass is 31.2. The van der Waals surface area contributed by atoms with Gasteiger partial charge in [0.15, 0.2) is 0 Å². The van der Waals surface area contributed by atoms with Crippen molar-refractivity contribution in [3.05, 3.63) is 0 Å². The van der Waals surface area contributed by atoms with Crippen molar-refractivity contribution >= 4 is 7.60 Å². The molecule has 9 nitrogen and oxygen atoms in total. The van der Waals surface area contributed by atoms with E-state index >= 15 is 0 Å². The van der Waals surface area contributed by atoms with E-state index < -0.39 is 50.6 Å². The van der Waals surface area contributed by atoms with Gasteiger partial charge in [0.25, 0.3) is 0 Å². The number of aliphatic hydroxyl groups excluding tert-OH is 4. The van der Waals surface area contributed by atoms with Gasteiger partial charge in [-0.2, -0.15) is 0 Å². The van der Waals surface area contributed by atoms with E-state index in [1.54, 1.807) is 0 Å². The molecule has 0 spiro atoms. The zero-order valence-corrected chi connectivity index (χ0v) is 10.5. The van der Waals surface area contributed by atoms with E-state index in [4.69, 9.17) is 19.6 Å². The summed E-state index contributed by atoms with van der Waals surface area (Å²) in [5.74, 6) is -1.31. The molecule has 10 heteroatoms. The van der Waals surface area contributed by atoms with Crippen LogP contribution in [0, 0.1) is 0 Å². The Kier molecular flexibility index (Phi) is 5.24. The summed E-state index contributed by atoms with van der Waals surface area (Å²) in [5.41, 5.74) is 0. The van der Waals surface area contributed by atoms with Crippen molar-refractivity contribution in [3.63, 3.8) is 0 Å². The molecule has 0 unspecified atom stereocenters. The number of rotatable bonds is 4. The molecule has 18 heavy (non-hydrogen) atoms. The molecule has 1 saturated heterocycles. The monoisotopic (exact) mass is 287 g/mol. The van der Waals surface area contributed by atoms with Gasteiger partial charge in [-0.05, 0) is 6.92 Å². The van der Waals surface area contributed by atoms with Crippen LogP contribution in [-0.4, -0.2) is 73.2 Å². The number of hydrogen-bond donors (Lipinski definition) is 7. The third-order valence-electron chi connectivity index (χ3n) is 2.80. The minimum absolute atomic E-state index is 0.604. The summed E-state index contributed by atoms with van der Waals surface area (Å²) in [7, 11) is -4.42. The SMILES string of the molecule is C[C@H](N[C@@H]1O[C@H](CO)[C@@H](O)[C@H](O)[C@H]1O)P(=O)(O)O. The maximum Gasteiger partial charge on any atom is 0.342 e. The van der Waals surface area contributed by atoms with Crippen LogP contribution in [0.1, 0.15) is 6.92 Å². The largest absolute Gasteiger partial charge is 0.394 e. The second kappa shape index (κ2) is 5.91. The molecule has 6 atom stereocenters. The quantitative estimate of drug-likeness (QED) is 0.266. The maximum absolute atomic E-state index is 10.9. The molecular weight excluding hydrogens is 269 g/mol. The highest BCUT2D eigenvalue weighted by Crippen LogP contribution is 2.39. The van der Waals surface area contributed by atoms with Gasteiger partial charge in [-0.3, -0.25) is 9.88 Å². The fourth-order valence-electron chi connectivity index (χ4n) is 1.57. The second-order valence-corrected chi connectivity index (χ2v) is 6.13. The average molecular weight is 287 g/mol. The first kappa shape index (κ1) is 16.0. The number of nitrogens with one attached hydrogen (secondary N) is 1. The Morgan fingerprint density at radius 3 is 2.22 bits per heavy atom. The lowest BCUT2D eigenvalue weighted by molar-refractivity contribution is -0.237. The van der Waals surface area contributed by atoms with Crippen LogP contribution < -0.4 is 5.32 Å². The van der Waals surface area contributed by atoms with Crippen molar-refractivity contribution < 1.29 is 39.5 Å². The molecule has 1 aliphatic rings. The highest BCUT2D eigenvalue weighted by molar-refractivity contribution is 7.52. The first-order chi connectivity index (χ1) is 8.18. The molecule has 1 fully saturated rings. The molecule has 0 radical (unpaired) electrons. The summed E-state index contributed by atoms with van der Waals surface area (Å²) in [6.45, 7) is 0.579. The molecule has 0 aliphatic carbocycles. The van der Waals surface area contributed by atoms with E-state index in [2.05, 4.69) is 5.32 Å². The molecule has 0 aromatic heterocycles. The van der Waals surface area contributed by atoms with E-state index in [0.29, 0.717) is 0 Å². The first-order valence-corrected chi connectivity index (χ1v) is 6.98. The lowest BCUT2D eigenvalue weighted by atomic mass is 9.98. The van der Waals surface area contributed by atoms with Gasteiger partial charge in [-0.25, -0.2) is 0 Å². The van der Waals surface area contributed by atoms with Crippen LogP contribution in [0.25, 0.3) is 0 Å². The third-order valence-corrected chi connectivity index (χ3v) is 3.96. The standard InChI is InChI=1S/C8H18NO8P/c1-3(18(14,15)16)9-8-7(13)6(12)5(11)4(2-10)17-8/h3-13H,2H2,1H3,(H2,14,15,16)/t3-,4-,5-,6+,7-,8-/m1/s1. The van der Waals surface area contributed by atoms with Crippen LogP contribution in [0.2, 0.25) is 0 Å². The van der Waals surface area contributed by atoms with Crippen LogP contribution in [0.4, 0.5) is 0 Å². The molecule has 1 heterocycles. The Labute approximate surface area is 103 Å². The fraction of sp³-hybridized carbons (Fsp3) is 1.00. The lowest BCUT2D eigenvalue weighted by Gasteiger charge is -2.41. The number of ether oxygens (including phenoxy) is 1. The Bertz CT molecular complexity index is 320. The van der Waals surface area contributed by atoms with Crippen LogP contribution in [0.3, 0.4) is 0 Å². The van der Waals surface area contributed by atoms with Crippen molar-refractivity contribution in [1.29, 1.82) is 0 Å². The van der Waals surface area contributed by atoms with E-state index in [1.807, 2.05) is 0 Å². The Morgan fingerprint density at radius 2 is 1.78 bits per heavy atom. The minimum atomic E-state index is -4.42. The van der Waals surface area contributed by atoms with Crippen LogP contribution in [0.5, 0.6) is 0 Å². The van der Waals surface area contributed by atoms with Crippen LogP contribution in [0.15, 0.2) is 0 Å². The van der Waals surface area contributed by atoms with Gasteiger partial charge < -0.3 is 34.9 Å². The minimum Gasteiger partial charge on any atom is -0.394 e. The normalized spacial score (nSPS) is 39.6. The molecule has 7 N–H and O–H groups in total. The molecule has 1 rings (SSSR count). The predicted octanol–water partition coefficient (Wildman–Crippen LogP) is -3.10. The molecule has 0 bridgehead atoms. The van der Waals surface area contributed by atoms with Crippen molar-refractivity contribution in [1.82, 2.24) is 5.32 Å². The molecular formula is C8H18NO8P. The van der Waals surface area contributed by atoms with Gasteiger partial charge in [0.2, 0.25) is 0 Å². The van der Waals surface area contributed by atoms with Gasteiger partial charge in [0, 0.05) is 0 Å². The summed E-state index contributed by atoms with van der Waals surface area (Å²) in [4.78, 5) is 17.8. The van der Waals surface area contributed by atoms with Gasteiger partial charge in [0.1, 0.15) is 36.4 Å². The zero-order valence-electron chi connectivity index (χ0n) is 9.62. The lowest BCUT2D eigenvalue weighted by Crippen LogP contribution is -2.63. The van der Waals surface area contributed by atoms with Gasteiger partial charge in [-0.1, -0.05) is 0 Å². The van der Waals surface area contributed by atoms with Crippen LogP contribution >= 0.6 is 7.60 Å². The van der Waals surface area contributed by atoms with Crippen molar-refractivity contribution in [2.75, 3.05) is 6.61 Å². The molecule has 0 aromatic rings. The summed E-state index contributed by atoms with van der Waals surface area (Å²) >= 11 is 0. The molecule has 1 aliphatic heterocycles. The van der Waals surface area contributed by atoms with Gasteiger partial charge in [0.05, 0.1) is 6.61 Å². The van der Waals surface area contributed by atoms with Crippen molar-refractivity contribution in [2.45, 2.75) is 43.4 Å².